The molecule has 0 N–H and O–H groups in total. The molecule has 8 aromatic rings. The Kier molecular flexibility index (Phi) is 6.64. The summed E-state index contributed by atoms with van der Waals surface area (Å²) in [6.07, 6.45) is 6.29. The minimum absolute atomic E-state index is 0.0652. The number of fused-ring (bicyclic) bond motifs is 13. The lowest BCUT2D eigenvalue weighted by molar-refractivity contribution is 0.103. The molecule has 53 heavy (non-hydrogen) atoms. The van der Waals surface area contributed by atoms with Gasteiger partial charge < -0.3 is 0 Å². The van der Waals surface area contributed by atoms with Gasteiger partial charge in [-0.25, -0.2) is 0 Å². The van der Waals surface area contributed by atoms with Gasteiger partial charge in [0.05, 0.1) is 5.41 Å². The van der Waals surface area contributed by atoms with E-state index in [1.165, 1.54) is 42.4 Å². The number of thiophene rings is 1. The van der Waals surface area contributed by atoms with Gasteiger partial charge in [-0.05, 0) is 91.5 Å². The highest BCUT2D eigenvalue weighted by molar-refractivity contribution is 8.08. The van der Waals surface area contributed by atoms with Gasteiger partial charge in [0.2, 0.25) is 0 Å². The summed E-state index contributed by atoms with van der Waals surface area (Å²) >= 11 is 3.55. The molecule has 0 saturated carbocycles. The zero-order chi connectivity index (χ0) is 35.3. The van der Waals surface area contributed by atoms with E-state index in [1.807, 2.05) is 11.3 Å². The van der Waals surface area contributed by atoms with Crippen molar-refractivity contribution in [2.75, 3.05) is 0 Å². The lowest BCUT2D eigenvalue weighted by atomic mass is 9.61. The molecule has 0 unspecified atom stereocenters. The van der Waals surface area contributed by atoms with Crippen LogP contribution in [0.25, 0.3) is 52.9 Å². The molecule has 0 saturated heterocycles. The van der Waals surface area contributed by atoms with Gasteiger partial charge in [0.15, 0.2) is 5.78 Å². The summed E-state index contributed by atoms with van der Waals surface area (Å²) in [6, 6.07) is 54.4. The highest BCUT2D eigenvalue weighted by Crippen LogP contribution is 2.60. The Hall–Kier alpha value is -6.00. The van der Waals surface area contributed by atoms with Crippen molar-refractivity contribution in [1.29, 1.82) is 0 Å². The van der Waals surface area contributed by atoms with Crippen molar-refractivity contribution >= 4 is 59.5 Å². The zero-order valence-corrected chi connectivity index (χ0v) is 30.2. The molecule has 1 aromatic heterocycles. The second-order valence-corrected chi connectivity index (χ2v) is 16.1. The van der Waals surface area contributed by atoms with E-state index in [0.717, 1.165) is 59.9 Å². The Balaban J connectivity index is 1.17. The molecule has 0 bridgehead atoms. The standard InChI is InChI=1S/C50H30OS2/c1-30-12-10-23-45(52-46-21-8-4-13-33(30)46)32-25-27-44-40(29-32)48(51)39-28-31(34-17-11-18-38-37-16-5-9-22-47(37)53-49(34)38)24-26-43(39)50(44)41-19-6-2-14-35(41)36-15-3-7-20-42(36)50/h2-29H,1H2/b12-10-,45-23-. The van der Waals surface area contributed by atoms with E-state index in [0.29, 0.717) is 0 Å². The van der Waals surface area contributed by atoms with Crippen LogP contribution < -0.4 is 0 Å². The highest BCUT2D eigenvalue weighted by Gasteiger charge is 2.51. The molecule has 1 aliphatic heterocycles. The lowest BCUT2D eigenvalue weighted by Gasteiger charge is -2.40. The Morgan fingerprint density at radius 3 is 1.87 bits per heavy atom. The first-order chi connectivity index (χ1) is 26.1. The first-order valence-electron chi connectivity index (χ1n) is 17.9. The van der Waals surface area contributed by atoms with Crippen molar-refractivity contribution in [2.45, 2.75) is 10.3 Å². The van der Waals surface area contributed by atoms with E-state index < -0.39 is 5.41 Å². The molecule has 0 atom stereocenters. The summed E-state index contributed by atoms with van der Waals surface area (Å²) in [6.45, 7) is 4.30. The number of allylic oxidation sites excluding steroid dienone is 4. The van der Waals surface area contributed by atoms with Crippen LogP contribution in [0.2, 0.25) is 0 Å². The van der Waals surface area contributed by atoms with Crippen LogP contribution in [0.5, 0.6) is 0 Å². The number of carbonyl (C=O) groups excluding carboxylic acids is 1. The van der Waals surface area contributed by atoms with Crippen LogP contribution in [0.15, 0.2) is 181 Å². The van der Waals surface area contributed by atoms with E-state index >= 15 is 4.79 Å². The number of benzene rings is 7. The molecule has 11 rings (SSSR count). The van der Waals surface area contributed by atoms with Gasteiger partial charge in [0, 0.05) is 41.1 Å². The van der Waals surface area contributed by atoms with Gasteiger partial charge in [-0.2, -0.15) is 0 Å². The molecule has 1 nitrogen and oxygen atoms in total. The summed E-state index contributed by atoms with van der Waals surface area (Å²) in [5.41, 5.74) is 13.2. The highest BCUT2D eigenvalue weighted by atomic mass is 32.2. The number of ketones is 1. The number of carbonyl (C=O) groups is 1. The molecule has 248 valence electrons. The number of hydrogen-bond acceptors (Lipinski definition) is 3. The third-order valence-corrected chi connectivity index (χ3v) is 13.7. The van der Waals surface area contributed by atoms with Crippen LogP contribution in [0.1, 0.15) is 49.3 Å². The van der Waals surface area contributed by atoms with E-state index in [9.17, 15) is 0 Å². The Bertz CT molecular complexity index is 2930. The third-order valence-electron chi connectivity index (χ3n) is 11.3. The molecule has 1 spiro atoms. The molecule has 3 heteroatoms. The van der Waals surface area contributed by atoms with Crippen LogP contribution in [0.4, 0.5) is 0 Å². The molecule has 0 fully saturated rings. The average molecular weight is 711 g/mol. The molecular formula is C50H30OS2. The van der Waals surface area contributed by atoms with Crippen LogP contribution in [-0.4, -0.2) is 5.78 Å². The van der Waals surface area contributed by atoms with Gasteiger partial charge in [-0.15, -0.1) is 11.3 Å². The Labute approximate surface area is 316 Å². The monoisotopic (exact) mass is 710 g/mol. The molecule has 0 amide bonds. The van der Waals surface area contributed by atoms with Gasteiger partial charge in [-0.1, -0.05) is 158 Å². The number of thioether (sulfide) groups is 1. The summed E-state index contributed by atoms with van der Waals surface area (Å²) < 4.78 is 2.52. The third kappa shape index (κ3) is 4.29. The fraction of sp³-hybridized carbons (Fsp3) is 0.0200. The fourth-order valence-corrected chi connectivity index (χ4v) is 11.3. The van der Waals surface area contributed by atoms with Gasteiger partial charge >= 0.3 is 0 Å². The summed E-state index contributed by atoms with van der Waals surface area (Å²) in [5, 5.41) is 2.52. The van der Waals surface area contributed by atoms with Crippen molar-refractivity contribution in [3.8, 4) is 22.3 Å². The molecule has 2 heterocycles. The van der Waals surface area contributed by atoms with E-state index in [-0.39, 0.29) is 5.78 Å². The Morgan fingerprint density at radius 2 is 1.09 bits per heavy atom. The molecule has 0 radical (unpaired) electrons. The van der Waals surface area contributed by atoms with E-state index in [1.54, 1.807) is 11.8 Å². The molecule has 2 aliphatic carbocycles. The number of rotatable bonds is 2. The maximum Gasteiger partial charge on any atom is 0.193 e. The quantitative estimate of drug-likeness (QED) is 0.178. The molecular weight excluding hydrogens is 681 g/mol. The summed E-state index contributed by atoms with van der Waals surface area (Å²) in [7, 11) is 0. The van der Waals surface area contributed by atoms with Crippen LogP contribution in [0, 0.1) is 0 Å². The predicted octanol–water partition coefficient (Wildman–Crippen LogP) is 13.3. The van der Waals surface area contributed by atoms with Gasteiger partial charge in [0.1, 0.15) is 0 Å². The predicted molar refractivity (Wildman–Crippen MR) is 224 cm³/mol. The number of hydrogen-bond donors (Lipinski definition) is 0. The topological polar surface area (TPSA) is 17.1 Å². The van der Waals surface area contributed by atoms with Crippen molar-refractivity contribution < 1.29 is 4.79 Å². The first-order valence-corrected chi connectivity index (χ1v) is 19.5. The largest absolute Gasteiger partial charge is 0.289 e. The van der Waals surface area contributed by atoms with E-state index in [4.69, 9.17) is 0 Å². The summed E-state index contributed by atoms with van der Waals surface area (Å²) in [5.74, 6) is 0.0652. The molecule has 7 aromatic carbocycles. The van der Waals surface area contributed by atoms with Crippen molar-refractivity contribution in [1.82, 2.24) is 0 Å². The second-order valence-electron chi connectivity index (χ2n) is 14.0. The van der Waals surface area contributed by atoms with Crippen molar-refractivity contribution in [2.24, 2.45) is 0 Å². The SMILES string of the molecule is C=C1/C=C\C=C(\c2ccc3c(c2)C(=O)c2cc(-c4cccc5c4sc4ccccc45)ccc2C32c3ccccc3-c3ccccc32)Sc2ccccc21. The maximum absolute atomic E-state index is 15.2. The van der Waals surface area contributed by atoms with Crippen molar-refractivity contribution in [3.05, 3.63) is 221 Å². The minimum Gasteiger partial charge on any atom is -0.289 e. The van der Waals surface area contributed by atoms with Gasteiger partial charge in [0.25, 0.3) is 0 Å². The van der Waals surface area contributed by atoms with Gasteiger partial charge in [-0.3, -0.25) is 4.79 Å². The van der Waals surface area contributed by atoms with Crippen LogP contribution in [0.3, 0.4) is 0 Å². The lowest BCUT2D eigenvalue weighted by Crippen LogP contribution is -2.36. The second kappa shape index (κ2) is 11.5. The average Bonchev–Trinajstić information content (AvgIpc) is 3.73. The summed E-state index contributed by atoms with van der Waals surface area (Å²) in [4.78, 5) is 17.5. The maximum atomic E-state index is 15.2. The minimum atomic E-state index is -0.640. The van der Waals surface area contributed by atoms with Crippen LogP contribution >= 0.6 is 23.1 Å². The van der Waals surface area contributed by atoms with E-state index in [2.05, 4.69) is 176 Å². The van der Waals surface area contributed by atoms with Crippen LogP contribution in [-0.2, 0) is 5.41 Å². The smallest absolute Gasteiger partial charge is 0.193 e. The normalized spacial score (nSPS) is 16.6. The zero-order valence-electron chi connectivity index (χ0n) is 28.6. The Morgan fingerprint density at radius 1 is 0.509 bits per heavy atom. The fourth-order valence-electron chi connectivity index (χ4n) is 8.99. The molecule has 3 aliphatic rings. The first kappa shape index (κ1) is 30.6. The van der Waals surface area contributed by atoms with Crippen molar-refractivity contribution in [3.63, 3.8) is 0 Å².